The summed E-state index contributed by atoms with van der Waals surface area (Å²) in [5, 5.41) is 0. The average Bonchev–Trinajstić information content (AvgIpc) is 2.60. The molecular formula is C21H32O4. The number of carbonyl (C=O) groups excluding carboxylic acids is 1. The summed E-state index contributed by atoms with van der Waals surface area (Å²) in [6, 6.07) is 10.1. The van der Waals surface area contributed by atoms with Gasteiger partial charge in [0.05, 0.1) is 12.7 Å². The van der Waals surface area contributed by atoms with E-state index >= 15 is 0 Å². The van der Waals surface area contributed by atoms with Crippen LogP contribution in [-0.2, 0) is 25.4 Å². The standard InChI is InChI=1S/C21H32O4/c1-16(24-15-18-12-8-9-13-23-18)20(22)25-19(21(2,3)4)14-17-10-6-5-7-11-17/h5-7,10-11,16,18-19H,8-9,12-15H2,1-4H3. The molecule has 1 heterocycles. The monoisotopic (exact) mass is 348 g/mol. The van der Waals surface area contributed by atoms with E-state index in [0.717, 1.165) is 25.9 Å². The molecule has 0 N–H and O–H groups in total. The Bertz CT molecular complexity index is 514. The van der Waals surface area contributed by atoms with Gasteiger partial charge in [-0.1, -0.05) is 51.1 Å². The van der Waals surface area contributed by atoms with E-state index in [0.29, 0.717) is 13.0 Å². The molecule has 1 saturated heterocycles. The molecule has 140 valence electrons. The molecule has 25 heavy (non-hydrogen) atoms. The summed E-state index contributed by atoms with van der Waals surface area (Å²) in [7, 11) is 0. The first-order valence-electron chi connectivity index (χ1n) is 9.34. The van der Waals surface area contributed by atoms with Crippen LogP contribution in [0.3, 0.4) is 0 Å². The largest absolute Gasteiger partial charge is 0.460 e. The van der Waals surface area contributed by atoms with E-state index in [1.54, 1.807) is 6.92 Å². The van der Waals surface area contributed by atoms with Crippen molar-refractivity contribution >= 4 is 5.97 Å². The Balaban J connectivity index is 1.87. The van der Waals surface area contributed by atoms with Crippen molar-refractivity contribution in [1.82, 2.24) is 0 Å². The third-order valence-corrected chi connectivity index (χ3v) is 4.63. The van der Waals surface area contributed by atoms with Crippen LogP contribution in [0.4, 0.5) is 0 Å². The molecule has 0 aromatic heterocycles. The molecule has 1 aliphatic heterocycles. The quantitative estimate of drug-likeness (QED) is 0.694. The van der Waals surface area contributed by atoms with Crippen molar-refractivity contribution in [3.63, 3.8) is 0 Å². The minimum absolute atomic E-state index is 0.103. The molecule has 0 aliphatic carbocycles. The fourth-order valence-corrected chi connectivity index (χ4v) is 2.85. The summed E-state index contributed by atoms with van der Waals surface area (Å²) in [6.45, 7) is 9.28. The minimum Gasteiger partial charge on any atom is -0.460 e. The van der Waals surface area contributed by atoms with Gasteiger partial charge in [-0.25, -0.2) is 4.79 Å². The summed E-state index contributed by atoms with van der Waals surface area (Å²) >= 11 is 0. The number of hydrogen-bond acceptors (Lipinski definition) is 4. The van der Waals surface area contributed by atoms with E-state index in [-0.39, 0.29) is 23.6 Å². The maximum Gasteiger partial charge on any atom is 0.335 e. The average molecular weight is 348 g/mol. The first-order chi connectivity index (χ1) is 11.9. The number of carbonyl (C=O) groups is 1. The van der Waals surface area contributed by atoms with Gasteiger partial charge >= 0.3 is 5.97 Å². The van der Waals surface area contributed by atoms with Crippen molar-refractivity contribution in [2.45, 2.75) is 71.7 Å². The maximum atomic E-state index is 12.5. The molecule has 3 unspecified atom stereocenters. The van der Waals surface area contributed by atoms with E-state index in [1.165, 1.54) is 5.56 Å². The van der Waals surface area contributed by atoms with Gasteiger partial charge in [0.1, 0.15) is 6.10 Å². The molecule has 4 nitrogen and oxygen atoms in total. The number of ether oxygens (including phenoxy) is 3. The Labute approximate surface area is 151 Å². The summed E-state index contributed by atoms with van der Waals surface area (Å²) in [5.41, 5.74) is 1.02. The molecule has 0 amide bonds. The van der Waals surface area contributed by atoms with Crippen molar-refractivity contribution in [3.8, 4) is 0 Å². The van der Waals surface area contributed by atoms with Crippen LogP contribution >= 0.6 is 0 Å². The summed E-state index contributed by atoms with van der Waals surface area (Å²) < 4.78 is 17.2. The summed E-state index contributed by atoms with van der Waals surface area (Å²) in [5.74, 6) is -0.299. The predicted octanol–water partition coefficient (Wildman–Crippen LogP) is 4.16. The van der Waals surface area contributed by atoms with Crippen molar-refractivity contribution in [3.05, 3.63) is 35.9 Å². The van der Waals surface area contributed by atoms with Gasteiger partial charge < -0.3 is 14.2 Å². The fourth-order valence-electron chi connectivity index (χ4n) is 2.85. The highest BCUT2D eigenvalue weighted by Gasteiger charge is 2.30. The zero-order valence-electron chi connectivity index (χ0n) is 16.0. The molecule has 1 fully saturated rings. The smallest absolute Gasteiger partial charge is 0.335 e. The van der Waals surface area contributed by atoms with Crippen LogP contribution in [0, 0.1) is 5.41 Å². The Morgan fingerprint density at radius 2 is 1.96 bits per heavy atom. The molecule has 2 rings (SSSR count). The number of benzene rings is 1. The predicted molar refractivity (Wildman–Crippen MR) is 98.5 cm³/mol. The molecule has 1 aliphatic rings. The maximum absolute atomic E-state index is 12.5. The molecular weight excluding hydrogens is 316 g/mol. The van der Waals surface area contributed by atoms with Gasteiger partial charge in [-0.2, -0.15) is 0 Å². The molecule has 1 aromatic rings. The van der Waals surface area contributed by atoms with Crippen LogP contribution in [0.15, 0.2) is 30.3 Å². The van der Waals surface area contributed by atoms with Crippen molar-refractivity contribution < 1.29 is 19.0 Å². The SMILES string of the molecule is CC(OCC1CCCCO1)C(=O)OC(Cc1ccccc1)C(C)(C)C. The Hall–Kier alpha value is -1.39. The lowest BCUT2D eigenvalue weighted by atomic mass is 9.85. The van der Waals surface area contributed by atoms with E-state index in [2.05, 4.69) is 32.9 Å². The van der Waals surface area contributed by atoms with Gasteiger partial charge in [0.25, 0.3) is 0 Å². The molecule has 0 radical (unpaired) electrons. The lowest BCUT2D eigenvalue weighted by Crippen LogP contribution is -2.38. The van der Waals surface area contributed by atoms with Crippen LogP contribution in [0.2, 0.25) is 0 Å². The molecule has 0 saturated carbocycles. The second-order valence-electron chi connectivity index (χ2n) is 7.95. The Kier molecular flexibility index (Phi) is 7.45. The first kappa shape index (κ1) is 19.9. The minimum atomic E-state index is -0.578. The number of rotatable bonds is 7. The van der Waals surface area contributed by atoms with Gasteiger partial charge in [-0.05, 0) is 37.2 Å². The van der Waals surface area contributed by atoms with Gasteiger partial charge in [-0.15, -0.1) is 0 Å². The highest BCUT2D eigenvalue weighted by Crippen LogP contribution is 2.26. The van der Waals surface area contributed by atoms with E-state index in [4.69, 9.17) is 14.2 Å². The zero-order chi connectivity index (χ0) is 18.3. The topological polar surface area (TPSA) is 44.8 Å². The highest BCUT2D eigenvalue weighted by molar-refractivity contribution is 5.74. The lowest BCUT2D eigenvalue weighted by Gasteiger charge is -2.31. The lowest BCUT2D eigenvalue weighted by molar-refractivity contribution is -0.169. The van der Waals surface area contributed by atoms with Crippen molar-refractivity contribution in [1.29, 1.82) is 0 Å². The van der Waals surface area contributed by atoms with Crippen LogP contribution in [0.1, 0.15) is 52.5 Å². The molecule has 1 aromatic carbocycles. The van der Waals surface area contributed by atoms with Gasteiger partial charge in [0, 0.05) is 13.0 Å². The van der Waals surface area contributed by atoms with Crippen LogP contribution in [-0.4, -0.2) is 37.5 Å². The summed E-state index contributed by atoms with van der Waals surface area (Å²) in [4.78, 5) is 12.5. The van der Waals surface area contributed by atoms with E-state index in [9.17, 15) is 4.79 Å². The van der Waals surface area contributed by atoms with E-state index in [1.807, 2.05) is 18.2 Å². The molecule has 4 heteroatoms. The second-order valence-corrected chi connectivity index (χ2v) is 7.95. The van der Waals surface area contributed by atoms with Gasteiger partial charge in [0.15, 0.2) is 6.10 Å². The molecule has 3 atom stereocenters. The fraction of sp³-hybridized carbons (Fsp3) is 0.667. The highest BCUT2D eigenvalue weighted by atomic mass is 16.6. The Morgan fingerprint density at radius 1 is 1.24 bits per heavy atom. The molecule has 0 spiro atoms. The van der Waals surface area contributed by atoms with Crippen molar-refractivity contribution in [2.75, 3.05) is 13.2 Å². The summed E-state index contributed by atoms with van der Waals surface area (Å²) in [6.07, 6.45) is 3.31. The number of esters is 1. The van der Waals surface area contributed by atoms with Gasteiger partial charge in [0.2, 0.25) is 0 Å². The van der Waals surface area contributed by atoms with Crippen molar-refractivity contribution in [2.24, 2.45) is 5.41 Å². The van der Waals surface area contributed by atoms with Crippen LogP contribution in [0.25, 0.3) is 0 Å². The van der Waals surface area contributed by atoms with Crippen LogP contribution < -0.4 is 0 Å². The first-order valence-corrected chi connectivity index (χ1v) is 9.34. The zero-order valence-corrected chi connectivity index (χ0v) is 16.0. The molecule has 0 bridgehead atoms. The third-order valence-electron chi connectivity index (χ3n) is 4.63. The number of hydrogen-bond donors (Lipinski definition) is 0. The van der Waals surface area contributed by atoms with E-state index < -0.39 is 6.10 Å². The Morgan fingerprint density at radius 3 is 2.56 bits per heavy atom. The third kappa shape index (κ3) is 6.79. The normalized spacial score (nSPS) is 20.7. The van der Waals surface area contributed by atoms with Crippen LogP contribution in [0.5, 0.6) is 0 Å². The van der Waals surface area contributed by atoms with Gasteiger partial charge in [-0.3, -0.25) is 0 Å². The second kappa shape index (κ2) is 9.35.